The molecule has 0 aliphatic heterocycles. The molecule has 1 aromatic carbocycles. The van der Waals surface area contributed by atoms with Crippen molar-refractivity contribution in [1.29, 1.82) is 0 Å². The molecule has 1 aromatic rings. The zero-order valence-electron chi connectivity index (χ0n) is 13.7. The van der Waals surface area contributed by atoms with Gasteiger partial charge < -0.3 is 16.2 Å². The Morgan fingerprint density at radius 1 is 1.18 bits per heavy atom. The number of thiocarbonyl (C=S) groups is 1. The number of aliphatic hydroxyl groups excluding tert-OH is 1. The van der Waals surface area contributed by atoms with Crippen LogP contribution >= 0.6 is 12.2 Å². The zero-order chi connectivity index (χ0) is 16.2. The predicted molar refractivity (Wildman–Crippen MR) is 98.3 cm³/mol. The highest BCUT2D eigenvalue weighted by Crippen LogP contribution is 2.12. The van der Waals surface area contributed by atoms with Gasteiger partial charge in [0.05, 0.1) is 6.61 Å². The summed E-state index contributed by atoms with van der Waals surface area (Å²) < 4.78 is 0. The van der Waals surface area contributed by atoms with E-state index in [1.807, 2.05) is 24.3 Å². The van der Waals surface area contributed by atoms with Gasteiger partial charge in [-0.2, -0.15) is 0 Å². The summed E-state index contributed by atoms with van der Waals surface area (Å²) in [7, 11) is 0. The highest BCUT2D eigenvalue weighted by Gasteiger charge is 2.10. The molecule has 1 atom stereocenters. The lowest BCUT2D eigenvalue weighted by molar-refractivity contribution is 0.265. The van der Waals surface area contributed by atoms with Gasteiger partial charge in [-0.3, -0.25) is 0 Å². The van der Waals surface area contributed by atoms with Gasteiger partial charge in [0, 0.05) is 18.2 Å². The number of rotatable bonds is 11. The van der Waals surface area contributed by atoms with Crippen LogP contribution in [0.25, 0.3) is 0 Å². The molecule has 0 unspecified atom stereocenters. The first-order valence-corrected chi connectivity index (χ1v) is 8.82. The molecule has 0 saturated heterocycles. The Hall–Kier alpha value is -0.970. The van der Waals surface area contributed by atoms with Crippen LogP contribution in [0.3, 0.4) is 0 Å². The molecular formula is C18H30N2OS. The lowest BCUT2D eigenvalue weighted by atomic mass is 10.0. The first-order chi connectivity index (χ1) is 10.7. The number of nitrogens with two attached hydrogens (primary N) is 1. The van der Waals surface area contributed by atoms with Crippen LogP contribution in [0.5, 0.6) is 0 Å². The van der Waals surface area contributed by atoms with Crippen LogP contribution in [0.1, 0.15) is 56.6 Å². The maximum Gasteiger partial charge on any atom is 0.106 e. The van der Waals surface area contributed by atoms with Crippen LogP contribution in [0, 0.1) is 0 Å². The zero-order valence-corrected chi connectivity index (χ0v) is 14.5. The first-order valence-electron chi connectivity index (χ1n) is 8.41. The summed E-state index contributed by atoms with van der Waals surface area (Å²) in [4.78, 5) is 0.786. The molecule has 0 heterocycles. The molecule has 1 rings (SSSR count). The van der Waals surface area contributed by atoms with Gasteiger partial charge in [0.15, 0.2) is 0 Å². The van der Waals surface area contributed by atoms with Gasteiger partial charge in [-0.15, -0.1) is 0 Å². The molecule has 4 heteroatoms. The number of nitrogens with one attached hydrogen (secondary N) is 1. The predicted octanol–water partition coefficient (Wildman–Crippen LogP) is 3.17. The van der Waals surface area contributed by atoms with Crippen LogP contribution < -0.4 is 11.1 Å². The number of unbranched alkanes of at least 4 members (excludes halogenated alkanes) is 5. The molecule has 22 heavy (non-hydrogen) atoms. The van der Waals surface area contributed by atoms with Crippen molar-refractivity contribution in [3.8, 4) is 0 Å². The lowest BCUT2D eigenvalue weighted by Gasteiger charge is -2.15. The van der Waals surface area contributed by atoms with Crippen LogP contribution in [0.4, 0.5) is 0 Å². The molecule has 0 aliphatic carbocycles. The maximum absolute atomic E-state index is 9.11. The Labute approximate surface area is 140 Å². The fourth-order valence-corrected chi connectivity index (χ4v) is 2.77. The van der Waals surface area contributed by atoms with Crippen LogP contribution in [0.2, 0.25) is 0 Å². The van der Waals surface area contributed by atoms with Crippen LogP contribution in [0.15, 0.2) is 24.3 Å². The molecule has 0 saturated carbocycles. The summed E-state index contributed by atoms with van der Waals surface area (Å²) in [5.74, 6) is 0. The van der Waals surface area contributed by atoms with Crippen LogP contribution in [-0.4, -0.2) is 29.3 Å². The Kier molecular flexibility index (Phi) is 10.0. The minimum Gasteiger partial charge on any atom is -0.395 e. The monoisotopic (exact) mass is 322 g/mol. The van der Waals surface area contributed by atoms with E-state index in [0.29, 0.717) is 6.42 Å². The number of hydrogen-bond donors (Lipinski definition) is 3. The topological polar surface area (TPSA) is 58.3 Å². The summed E-state index contributed by atoms with van der Waals surface area (Å²) in [6.07, 6.45) is 8.33. The van der Waals surface area contributed by atoms with Crippen molar-refractivity contribution < 1.29 is 5.11 Å². The summed E-state index contributed by atoms with van der Waals surface area (Å²) in [5.41, 5.74) is 7.98. The molecule has 0 fully saturated rings. The van der Waals surface area contributed by atoms with Crippen molar-refractivity contribution in [2.75, 3.05) is 13.2 Å². The van der Waals surface area contributed by atoms with E-state index in [4.69, 9.17) is 23.1 Å². The van der Waals surface area contributed by atoms with Gasteiger partial charge >= 0.3 is 0 Å². The van der Waals surface area contributed by atoms with E-state index in [-0.39, 0.29) is 12.6 Å². The van der Waals surface area contributed by atoms with Crippen molar-refractivity contribution >= 4 is 17.2 Å². The number of hydrogen-bond acceptors (Lipinski definition) is 3. The molecule has 0 spiro atoms. The number of aliphatic hydroxyl groups is 1. The fourth-order valence-electron chi connectivity index (χ4n) is 2.47. The molecule has 0 aliphatic rings. The molecular weight excluding hydrogens is 292 g/mol. The standard InChI is InChI=1S/C18H30N2OS/c1-2-3-4-5-6-9-12-20-18(22)17-11-8-7-10-15(17)13-16(19)14-21/h7-8,10-11,16,21H,2-6,9,12-14,19H2,1H3,(H,20,22)/t16-/m0/s1. The van der Waals surface area contributed by atoms with Crippen molar-refractivity contribution in [3.63, 3.8) is 0 Å². The normalized spacial score (nSPS) is 12.1. The molecule has 3 nitrogen and oxygen atoms in total. The molecule has 0 aromatic heterocycles. The molecule has 0 bridgehead atoms. The van der Waals surface area contributed by atoms with Gasteiger partial charge in [0.1, 0.15) is 4.99 Å². The van der Waals surface area contributed by atoms with Gasteiger partial charge in [0.25, 0.3) is 0 Å². The molecule has 0 radical (unpaired) electrons. The Morgan fingerprint density at radius 3 is 2.59 bits per heavy atom. The minimum atomic E-state index is -0.234. The van der Waals surface area contributed by atoms with Crippen LogP contribution in [-0.2, 0) is 6.42 Å². The van der Waals surface area contributed by atoms with E-state index >= 15 is 0 Å². The smallest absolute Gasteiger partial charge is 0.106 e. The van der Waals surface area contributed by atoms with Crippen molar-refractivity contribution in [3.05, 3.63) is 35.4 Å². The summed E-state index contributed by atoms with van der Waals surface area (Å²) in [6, 6.07) is 7.79. The average Bonchev–Trinajstić information content (AvgIpc) is 2.54. The molecule has 0 amide bonds. The largest absolute Gasteiger partial charge is 0.395 e. The maximum atomic E-state index is 9.11. The highest BCUT2D eigenvalue weighted by molar-refractivity contribution is 7.80. The fraction of sp³-hybridized carbons (Fsp3) is 0.611. The summed E-state index contributed by atoms with van der Waals surface area (Å²) in [5, 5.41) is 12.5. The second-order valence-electron chi connectivity index (χ2n) is 5.83. The van der Waals surface area contributed by atoms with Crippen molar-refractivity contribution in [2.45, 2.75) is 57.9 Å². The van der Waals surface area contributed by atoms with Gasteiger partial charge in [0.2, 0.25) is 0 Å². The van der Waals surface area contributed by atoms with E-state index in [1.165, 1.54) is 32.1 Å². The van der Waals surface area contributed by atoms with E-state index < -0.39 is 0 Å². The third kappa shape index (κ3) is 7.34. The van der Waals surface area contributed by atoms with E-state index in [9.17, 15) is 0 Å². The summed E-state index contributed by atoms with van der Waals surface area (Å²) >= 11 is 5.50. The van der Waals surface area contributed by atoms with Gasteiger partial charge in [-0.25, -0.2) is 0 Å². The van der Waals surface area contributed by atoms with E-state index in [2.05, 4.69) is 12.2 Å². The highest BCUT2D eigenvalue weighted by atomic mass is 32.1. The third-order valence-electron chi connectivity index (χ3n) is 3.79. The lowest BCUT2D eigenvalue weighted by Crippen LogP contribution is -2.29. The molecule has 124 valence electrons. The quantitative estimate of drug-likeness (QED) is 0.433. The molecule has 4 N–H and O–H groups in total. The van der Waals surface area contributed by atoms with E-state index in [0.717, 1.165) is 29.1 Å². The SMILES string of the molecule is CCCCCCCCNC(=S)c1ccccc1C[C@H](N)CO. The van der Waals surface area contributed by atoms with Crippen molar-refractivity contribution in [2.24, 2.45) is 5.73 Å². The Morgan fingerprint density at radius 2 is 1.86 bits per heavy atom. The Bertz CT molecular complexity index is 437. The van der Waals surface area contributed by atoms with Gasteiger partial charge in [-0.05, 0) is 18.4 Å². The van der Waals surface area contributed by atoms with Gasteiger partial charge in [-0.1, -0.05) is 75.5 Å². The second-order valence-corrected chi connectivity index (χ2v) is 6.24. The number of benzene rings is 1. The Balaban J connectivity index is 2.38. The minimum absolute atomic E-state index is 0.00765. The van der Waals surface area contributed by atoms with E-state index in [1.54, 1.807) is 0 Å². The van der Waals surface area contributed by atoms with Crippen molar-refractivity contribution in [1.82, 2.24) is 5.32 Å². The third-order valence-corrected chi connectivity index (χ3v) is 4.16. The summed E-state index contributed by atoms with van der Waals surface area (Å²) in [6.45, 7) is 3.15. The second kappa shape index (κ2) is 11.6. The first kappa shape index (κ1) is 19.1. The average molecular weight is 323 g/mol.